The fraction of sp³-hybridized carbons (Fsp3) is 0.636. The molecule has 1 saturated heterocycles. The molecule has 4 N–H and O–H groups in total. The van der Waals surface area contributed by atoms with Gasteiger partial charge in [-0.05, 0) is 6.92 Å². The number of rotatable bonds is 2. The molecule has 0 bridgehead atoms. The highest BCUT2D eigenvalue weighted by Gasteiger charge is 2.56. The summed E-state index contributed by atoms with van der Waals surface area (Å²) in [5.41, 5.74) is -1.70. The number of ether oxygens (including phenoxy) is 1. The summed E-state index contributed by atoms with van der Waals surface area (Å²) in [7, 11) is 0. The van der Waals surface area contributed by atoms with E-state index >= 15 is 0 Å². The van der Waals surface area contributed by atoms with Crippen LogP contribution in [-0.2, 0) is 4.74 Å². The van der Waals surface area contributed by atoms with Crippen molar-refractivity contribution in [2.75, 3.05) is 6.61 Å². The van der Waals surface area contributed by atoms with Crippen molar-refractivity contribution in [1.29, 1.82) is 5.41 Å². The number of aliphatic hydroxyl groups excluding tert-OH is 2. The molecule has 0 amide bonds. The first-order valence-electron chi connectivity index (χ1n) is 6.52. The van der Waals surface area contributed by atoms with E-state index in [4.69, 9.17) is 11.5 Å². The van der Waals surface area contributed by atoms with Crippen LogP contribution >= 0.6 is 0 Å². The molecule has 0 radical (unpaired) electrons. The predicted octanol–water partition coefficient (Wildman–Crippen LogP) is -2.05. The Morgan fingerprint density at radius 3 is 3.05 bits per heavy atom. The Bertz CT molecular complexity index is 577. The highest BCUT2D eigenvalue weighted by molar-refractivity contribution is 6.20. The molecule has 5 atom stereocenters. The largest absolute Gasteiger partial charge is 0.394 e. The predicted molar refractivity (Wildman–Crippen MR) is 70.2 cm³/mol. The van der Waals surface area contributed by atoms with Crippen molar-refractivity contribution in [1.82, 2.24) is 4.90 Å². The van der Waals surface area contributed by atoms with Crippen molar-refractivity contribution in [2.24, 2.45) is 15.0 Å². The number of hydrogen-bond donors (Lipinski definition) is 4. The Morgan fingerprint density at radius 1 is 1.65 bits per heavy atom. The van der Waals surface area contributed by atoms with Gasteiger partial charge in [0.15, 0.2) is 18.1 Å². The Labute approximate surface area is 115 Å². The fourth-order valence-corrected chi connectivity index (χ4v) is 2.41. The Balaban J connectivity index is 1.96. The normalized spacial score (nSPS) is 47.5. The van der Waals surface area contributed by atoms with Crippen LogP contribution < -0.4 is 0 Å². The van der Waals surface area contributed by atoms with E-state index in [2.05, 4.69) is 15.0 Å². The van der Waals surface area contributed by atoms with E-state index in [0.717, 1.165) is 6.34 Å². The number of hydrogen-bond acceptors (Lipinski definition) is 8. The molecule has 3 rings (SSSR count). The lowest BCUT2D eigenvalue weighted by Gasteiger charge is -2.33. The summed E-state index contributed by atoms with van der Waals surface area (Å²) < 4.78 is 13.6. The maximum atomic E-state index is 10.4. The van der Waals surface area contributed by atoms with E-state index in [-0.39, 0.29) is 11.7 Å². The average Bonchev–Trinajstić information content (AvgIpc) is 2.89. The van der Waals surface area contributed by atoms with Gasteiger partial charge in [-0.15, -0.1) is 0 Å². The molecule has 1 fully saturated rings. The first-order valence-corrected chi connectivity index (χ1v) is 6.02. The molecule has 0 aliphatic carbocycles. The van der Waals surface area contributed by atoms with Crippen molar-refractivity contribution in [3.05, 3.63) is 0 Å². The van der Waals surface area contributed by atoms with Crippen LogP contribution in [0, 0.1) is 5.41 Å². The van der Waals surface area contributed by atoms with Gasteiger partial charge in [-0.2, -0.15) is 0 Å². The van der Waals surface area contributed by atoms with E-state index in [0.29, 0.717) is 0 Å². The van der Waals surface area contributed by atoms with Gasteiger partial charge in [-0.1, -0.05) is 0 Å². The summed E-state index contributed by atoms with van der Waals surface area (Å²) in [5, 5.41) is 37.3. The minimum absolute atomic E-state index is 0.0542. The van der Waals surface area contributed by atoms with Crippen molar-refractivity contribution in [3.63, 3.8) is 0 Å². The molecule has 3 heterocycles. The van der Waals surface area contributed by atoms with Gasteiger partial charge in [0.25, 0.3) is 0 Å². The number of nitrogens with one attached hydrogen (secondary N) is 1. The van der Waals surface area contributed by atoms with Crippen molar-refractivity contribution in [2.45, 2.75) is 37.0 Å². The second kappa shape index (κ2) is 4.42. The molecule has 0 aromatic rings. The third-order valence-electron chi connectivity index (χ3n) is 3.55. The van der Waals surface area contributed by atoms with Gasteiger partial charge in [0.2, 0.25) is 0 Å². The van der Waals surface area contributed by atoms with Crippen LogP contribution in [0.25, 0.3) is 0 Å². The van der Waals surface area contributed by atoms with Crippen LogP contribution in [0.3, 0.4) is 0 Å². The highest BCUT2D eigenvalue weighted by Crippen LogP contribution is 2.34. The number of aliphatic hydroxyl groups is 3. The quantitative estimate of drug-likeness (QED) is 0.462. The standard InChI is InChI=1S/C11H15N5O4/c1-11(19)7(18)5(2-17)20-10(11)16-4-15-6-8(12)13-3-14-9(6)16/h3-7,10,12,17-19H,2H2,1H3/t5-,6?,7-,10-,11-/m1/s1/i6D. The molecule has 0 saturated carbocycles. The SMILES string of the molecule is [2H]C12N=CN([C@@H]3O[C@H](CO)[C@@H](O)[C@@]3(C)O)C1=NC=NC2=N. The summed E-state index contributed by atoms with van der Waals surface area (Å²) in [6.07, 6.45) is -1.01. The molecular weight excluding hydrogens is 266 g/mol. The third kappa shape index (κ3) is 1.71. The zero-order chi connectivity index (χ0) is 15.4. The lowest BCUT2D eigenvalue weighted by atomic mass is 9.96. The number of nitrogens with zero attached hydrogens (tertiary/aromatic N) is 4. The lowest BCUT2D eigenvalue weighted by molar-refractivity contribution is -0.0935. The zero-order valence-corrected chi connectivity index (χ0v) is 10.6. The lowest BCUT2D eigenvalue weighted by Crippen LogP contribution is -2.55. The first kappa shape index (κ1) is 12.1. The Kier molecular flexibility index (Phi) is 2.67. The molecule has 108 valence electrons. The van der Waals surface area contributed by atoms with Crippen LogP contribution in [0.2, 0.25) is 0 Å². The third-order valence-corrected chi connectivity index (χ3v) is 3.55. The molecule has 3 aliphatic rings. The summed E-state index contributed by atoms with van der Waals surface area (Å²) in [4.78, 5) is 12.8. The van der Waals surface area contributed by atoms with Gasteiger partial charge < -0.3 is 20.1 Å². The molecule has 9 heteroatoms. The van der Waals surface area contributed by atoms with Crippen molar-refractivity contribution < 1.29 is 21.4 Å². The van der Waals surface area contributed by atoms with Gasteiger partial charge in [0, 0.05) is 0 Å². The minimum Gasteiger partial charge on any atom is -0.394 e. The molecule has 0 aromatic heterocycles. The van der Waals surface area contributed by atoms with E-state index in [9.17, 15) is 15.3 Å². The van der Waals surface area contributed by atoms with E-state index < -0.39 is 36.7 Å². The smallest absolute Gasteiger partial charge is 0.168 e. The van der Waals surface area contributed by atoms with Crippen LogP contribution in [0.4, 0.5) is 0 Å². The highest BCUT2D eigenvalue weighted by atomic mass is 16.6. The molecule has 20 heavy (non-hydrogen) atoms. The Morgan fingerprint density at radius 2 is 2.40 bits per heavy atom. The fourth-order valence-electron chi connectivity index (χ4n) is 2.41. The van der Waals surface area contributed by atoms with Crippen LogP contribution in [0.5, 0.6) is 0 Å². The topological polar surface area (TPSA) is 134 Å². The van der Waals surface area contributed by atoms with E-state index in [1.54, 1.807) is 0 Å². The van der Waals surface area contributed by atoms with Crippen LogP contribution in [0.15, 0.2) is 15.0 Å². The van der Waals surface area contributed by atoms with Gasteiger partial charge in [-0.25, -0.2) is 9.98 Å². The van der Waals surface area contributed by atoms with Crippen molar-refractivity contribution in [3.8, 4) is 0 Å². The van der Waals surface area contributed by atoms with Gasteiger partial charge >= 0.3 is 0 Å². The molecule has 0 aromatic carbocycles. The minimum atomic E-state index is -1.78. The van der Waals surface area contributed by atoms with Gasteiger partial charge in [-0.3, -0.25) is 15.3 Å². The Hall–Kier alpha value is -1.68. The van der Waals surface area contributed by atoms with Crippen molar-refractivity contribution >= 4 is 24.3 Å². The summed E-state index contributed by atoms with van der Waals surface area (Å²) in [6, 6.07) is -1.78. The number of aliphatic imine (C=N–C) groups is 3. The number of fused-ring (bicyclic) bond motifs is 1. The average molecular weight is 282 g/mol. The molecule has 0 spiro atoms. The molecule has 9 nitrogen and oxygen atoms in total. The zero-order valence-electron chi connectivity index (χ0n) is 11.6. The second-order valence-corrected chi connectivity index (χ2v) is 4.93. The summed E-state index contributed by atoms with van der Waals surface area (Å²) in [6.45, 7) is 0.896. The second-order valence-electron chi connectivity index (χ2n) is 4.93. The number of amidine groups is 2. The van der Waals surface area contributed by atoms with Gasteiger partial charge in [0.1, 0.15) is 30.0 Å². The van der Waals surface area contributed by atoms with E-state index in [1.165, 1.54) is 18.2 Å². The van der Waals surface area contributed by atoms with Crippen LogP contribution in [0.1, 0.15) is 8.29 Å². The maximum absolute atomic E-state index is 10.4. The van der Waals surface area contributed by atoms with Crippen LogP contribution in [-0.4, -0.2) is 81.2 Å². The summed E-state index contributed by atoms with van der Waals surface area (Å²) in [5.74, 6) is -0.248. The monoisotopic (exact) mass is 282 g/mol. The molecule has 3 aliphatic heterocycles. The molecular formula is C11H15N5O4. The van der Waals surface area contributed by atoms with E-state index in [1.807, 2.05) is 0 Å². The molecule has 1 unspecified atom stereocenters. The first-order chi connectivity index (χ1) is 9.82. The maximum Gasteiger partial charge on any atom is 0.168 e. The summed E-state index contributed by atoms with van der Waals surface area (Å²) >= 11 is 0. The van der Waals surface area contributed by atoms with Gasteiger partial charge in [0.05, 0.1) is 14.3 Å².